The van der Waals surface area contributed by atoms with E-state index < -0.39 is 0 Å². The Morgan fingerprint density at radius 3 is 2.57 bits per heavy atom. The molecule has 0 aliphatic rings. The molecule has 21 heavy (non-hydrogen) atoms. The number of rotatable bonds is 10. The van der Waals surface area contributed by atoms with Gasteiger partial charge >= 0.3 is 0 Å². The van der Waals surface area contributed by atoms with Gasteiger partial charge < -0.3 is 20.1 Å². The molecule has 120 valence electrons. The van der Waals surface area contributed by atoms with Crippen LogP contribution in [0.5, 0.6) is 0 Å². The molecule has 0 aliphatic carbocycles. The monoisotopic (exact) mass is 295 g/mol. The first kappa shape index (κ1) is 17.9. The highest BCUT2D eigenvalue weighted by Crippen LogP contribution is 2.10. The summed E-state index contributed by atoms with van der Waals surface area (Å²) < 4.78 is 10.4. The molecule has 0 bridgehead atoms. The van der Waals surface area contributed by atoms with E-state index in [2.05, 4.69) is 41.6 Å². The van der Waals surface area contributed by atoms with Gasteiger partial charge in [0.15, 0.2) is 0 Å². The molecule has 5 nitrogen and oxygen atoms in total. The number of aromatic nitrogens is 1. The van der Waals surface area contributed by atoms with E-state index in [1.165, 1.54) is 5.56 Å². The van der Waals surface area contributed by atoms with Gasteiger partial charge in [0.2, 0.25) is 0 Å². The van der Waals surface area contributed by atoms with Crippen LogP contribution in [0.25, 0.3) is 0 Å². The van der Waals surface area contributed by atoms with Crippen LogP contribution in [-0.4, -0.2) is 45.0 Å². The smallest absolute Gasteiger partial charge is 0.126 e. The van der Waals surface area contributed by atoms with Crippen molar-refractivity contribution < 1.29 is 9.47 Å². The van der Waals surface area contributed by atoms with Crippen LogP contribution in [0.4, 0.5) is 5.82 Å². The van der Waals surface area contributed by atoms with E-state index >= 15 is 0 Å². The summed E-state index contributed by atoms with van der Waals surface area (Å²) in [5.41, 5.74) is 2.26. The fourth-order valence-electron chi connectivity index (χ4n) is 2.05. The van der Waals surface area contributed by atoms with Gasteiger partial charge in [-0.1, -0.05) is 13.8 Å². The molecule has 0 saturated heterocycles. The lowest BCUT2D eigenvalue weighted by Crippen LogP contribution is -2.27. The summed E-state index contributed by atoms with van der Waals surface area (Å²) in [5, 5.41) is 6.77. The highest BCUT2D eigenvalue weighted by molar-refractivity contribution is 5.39. The second-order valence-corrected chi connectivity index (χ2v) is 5.72. The Hall–Kier alpha value is -1.17. The number of pyridine rings is 1. The predicted molar refractivity (Wildman–Crippen MR) is 86.7 cm³/mol. The third-order valence-electron chi connectivity index (χ3n) is 3.09. The molecule has 0 aromatic carbocycles. The lowest BCUT2D eigenvalue weighted by molar-refractivity contribution is 0.0365. The van der Waals surface area contributed by atoms with Crippen molar-refractivity contribution in [2.45, 2.75) is 33.4 Å². The minimum absolute atomic E-state index is 0.0276. The van der Waals surface area contributed by atoms with Crippen LogP contribution >= 0.6 is 0 Å². The van der Waals surface area contributed by atoms with Crippen LogP contribution in [0.2, 0.25) is 0 Å². The Kier molecular flexibility index (Phi) is 8.27. The molecule has 1 rings (SSSR count). The summed E-state index contributed by atoms with van der Waals surface area (Å²) in [6.07, 6.45) is 0.0276. The lowest BCUT2D eigenvalue weighted by atomic mass is 10.2. The molecule has 0 aliphatic heterocycles. The summed E-state index contributed by atoms with van der Waals surface area (Å²) >= 11 is 0. The van der Waals surface area contributed by atoms with Crippen LogP contribution in [0.3, 0.4) is 0 Å². The van der Waals surface area contributed by atoms with Crippen molar-refractivity contribution in [3.63, 3.8) is 0 Å². The summed E-state index contributed by atoms with van der Waals surface area (Å²) in [4.78, 5) is 4.51. The van der Waals surface area contributed by atoms with Gasteiger partial charge in [-0.15, -0.1) is 0 Å². The molecule has 0 spiro atoms. The second kappa shape index (κ2) is 9.71. The molecule has 5 heteroatoms. The first-order chi connectivity index (χ1) is 10.0. The average Bonchev–Trinajstić information content (AvgIpc) is 2.42. The quantitative estimate of drug-likeness (QED) is 0.693. The molecule has 1 atom stereocenters. The van der Waals surface area contributed by atoms with Crippen molar-refractivity contribution in [3.05, 3.63) is 23.4 Å². The lowest BCUT2D eigenvalue weighted by Gasteiger charge is -2.16. The second-order valence-electron chi connectivity index (χ2n) is 5.72. The first-order valence-electron chi connectivity index (χ1n) is 7.49. The molecule has 0 amide bonds. The van der Waals surface area contributed by atoms with Gasteiger partial charge in [0.1, 0.15) is 5.82 Å². The SMILES string of the molecule is COCC(CNc1cc(CNCC(C)C)cc(C)n1)OC. The molecule has 1 aromatic rings. The van der Waals surface area contributed by atoms with Gasteiger partial charge in [-0.2, -0.15) is 0 Å². The summed E-state index contributed by atoms with van der Waals surface area (Å²) in [7, 11) is 3.37. The Bertz CT molecular complexity index is 411. The van der Waals surface area contributed by atoms with Crippen LogP contribution in [0, 0.1) is 12.8 Å². The fraction of sp³-hybridized carbons (Fsp3) is 0.688. The van der Waals surface area contributed by atoms with Gasteiger partial charge in [-0.05, 0) is 37.1 Å². The van der Waals surface area contributed by atoms with E-state index in [0.717, 1.165) is 24.6 Å². The zero-order valence-electron chi connectivity index (χ0n) is 13.9. The summed E-state index contributed by atoms with van der Waals surface area (Å²) in [5.74, 6) is 1.54. The number of aryl methyl sites for hydroxylation is 1. The third kappa shape index (κ3) is 7.41. The molecule has 1 unspecified atom stereocenters. The van der Waals surface area contributed by atoms with Crippen molar-refractivity contribution >= 4 is 5.82 Å². The van der Waals surface area contributed by atoms with Crippen LogP contribution in [0.1, 0.15) is 25.1 Å². The van der Waals surface area contributed by atoms with Crippen molar-refractivity contribution in [3.8, 4) is 0 Å². The minimum Gasteiger partial charge on any atom is -0.382 e. The zero-order valence-corrected chi connectivity index (χ0v) is 13.9. The molecule has 2 N–H and O–H groups in total. The topological polar surface area (TPSA) is 55.4 Å². The van der Waals surface area contributed by atoms with E-state index in [1.54, 1.807) is 14.2 Å². The van der Waals surface area contributed by atoms with E-state index in [1.807, 2.05) is 6.92 Å². The molecular weight excluding hydrogens is 266 g/mol. The Balaban J connectivity index is 2.55. The maximum absolute atomic E-state index is 5.34. The van der Waals surface area contributed by atoms with Crippen molar-refractivity contribution in [2.24, 2.45) is 5.92 Å². The number of methoxy groups -OCH3 is 2. The van der Waals surface area contributed by atoms with Gasteiger partial charge in [0, 0.05) is 33.0 Å². The standard InChI is InChI=1S/C16H29N3O2/c1-12(2)8-17-9-14-6-13(3)19-16(7-14)18-10-15(21-5)11-20-4/h6-7,12,15,17H,8-11H2,1-5H3,(H,18,19). The van der Waals surface area contributed by atoms with E-state index in [0.29, 0.717) is 19.1 Å². The highest BCUT2D eigenvalue weighted by atomic mass is 16.5. The predicted octanol–water partition coefficient (Wildman–Crippen LogP) is 2.21. The van der Waals surface area contributed by atoms with Crippen molar-refractivity contribution in [1.29, 1.82) is 0 Å². The summed E-state index contributed by atoms with van der Waals surface area (Å²) in [6.45, 7) is 9.56. The van der Waals surface area contributed by atoms with Crippen molar-refractivity contribution in [1.82, 2.24) is 10.3 Å². The number of nitrogens with one attached hydrogen (secondary N) is 2. The van der Waals surface area contributed by atoms with Crippen LogP contribution in [-0.2, 0) is 16.0 Å². The average molecular weight is 295 g/mol. The number of nitrogens with zero attached hydrogens (tertiary/aromatic N) is 1. The van der Waals surface area contributed by atoms with E-state index in [-0.39, 0.29) is 6.10 Å². The Morgan fingerprint density at radius 1 is 1.19 bits per heavy atom. The van der Waals surface area contributed by atoms with Gasteiger partial charge in [-0.25, -0.2) is 4.98 Å². The number of hydrogen-bond acceptors (Lipinski definition) is 5. The van der Waals surface area contributed by atoms with Crippen LogP contribution < -0.4 is 10.6 Å². The number of ether oxygens (including phenoxy) is 2. The van der Waals surface area contributed by atoms with Gasteiger partial charge in [0.25, 0.3) is 0 Å². The fourth-order valence-corrected chi connectivity index (χ4v) is 2.05. The van der Waals surface area contributed by atoms with E-state index in [9.17, 15) is 0 Å². The molecule has 1 aromatic heterocycles. The Morgan fingerprint density at radius 2 is 1.95 bits per heavy atom. The molecule has 0 fully saturated rings. The van der Waals surface area contributed by atoms with Crippen molar-refractivity contribution in [2.75, 3.05) is 39.2 Å². The highest BCUT2D eigenvalue weighted by Gasteiger charge is 2.07. The van der Waals surface area contributed by atoms with Gasteiger partial charge in [0.05, 0.1) is 12.7 Å². The maximum Gasteiger partial charge on any atom is 0.126 e. The van der Waals surface area contributed by atoms with Gasteiger partial charge in [-0.3, -0.25) is 0 Å². The maximum atomic E-state index is 5.34. The molecule has 0 saturated carbocycles. The van der Waals surface area contributed by atoms with Crippen LogP contribution in [0.15, 0.2) is 12.1 Å². The summed E-state index contributed by atoms with van der Waals surface area (Å²) in [6, 6.07) is 4.20. The van der Waals surface area contributed by atoms with E-state index in [4.69, 9.17) is 9.47 Å². The third-order valence-corrected chi connectivity index (χ3v) is 3.09. The number of hydrogen-bond donors (Lipinski definition) is 2. The molecule has 1 heterocycles. The molecular formula is C16H29N3O2. The first-order valence-corrected chi connectivity index (χ1v) is 7.49. The number of anilines is 1. The molecule has 0 radical (unpaired) electrons. The minimum atomic E-state index is 0.0276. The zero-order chi connectivity index (χ0) is 15.7. The Labute approximate surface area is 128 Å². The largest absolute Gasteiger partial charge is 0.382 e. The normalized spacial score (nSPS) is 12.7.